The Labute approximate surface area is 198 Å². The van der Waals surface area contributed by atoms with Crippen molar-refractivity contribution in [1.29, 1.82) is 0 Å². The molecule has 4 aromatic rings. The molecule has 0 saturated heterocycles. The van der Waals surface area contributed by atoms with Gasteiger partial charge in [0.15, 0.2) is 17.4 Å². The number of Topliss-reactive ketones (excluding diaryl/α,β-unsaturated/α-hetero) is 1. The molecule has 5 rings (SSSR count). The quantitative estimate of drug-likeness (QED) is 0.356. The van der Waals surface area contributed by atoms with Gasteiger partial charge in [-0.15, -0.1) is 0 Å². The minimum atomic E-state index is 0. The summed E-state index contributed by atoms with van der Waals surface area (Å²) in [6, 6.07) is 13.1. The van der Waals surface area contributed by atoms with E-state index in [1.54, 1.807) is 30.5 Å². The number of ether oxygens (including phenoxy) is 1. The number of aryl methyl sites for hydroxylation is 1. The molecule has 174 valence electrons. The molecule has 1 aliphatic carbocycles. The third kappa shape index (κ3) is 4.73. The number of carbonyl (C=O) groups excluding carboxylic acids is 1. The summed E-state index contributed by atoms with van der Waals surface area (Å²) < 4.78 is 7.36. The van der Waals surface area contributed by atoms with Gasteiger partial charge in [-0.25, -0.2) is 15.0 Å². The molecule has 1 aromatic carbocycles. The first kappa shape index (κ1) is 22.9. The molecule has 1 saturated carbocycles. The van der Waals surface area contributed by atoms with Crippen molar-refractivity contribution in [3.05, 3.63) is 66.7 Å². The first-order valence-corrected chi connectivity index (χ1v) is 10.6. The van der Waals surface area contributed by atoms with Gasteiger partial charge in [-0.1, -0.05) is 19.6 Å². The fraction of sp³-hybridized carbons (Fsp3) is 0.240. The van der Waals surface area contributed by atoms with Gasteiger partial charge < -0.3 is 15.4 Å². The summed E-state index contributed by atoms with van der Waals surface area (Å²) in [5.41, 5.74) is 2.64. The fourth-order valence-corrected chi connectivity index (χ4v) is 3.60. The van der Waals surface area contributed by atoms with E-state index in [1.165, 1.54) is 0 Å². The lowest BCUT2D eigenvalue weighted by atomic mass is 10.1. The van der Waals surface area contributed by atoms with E-state index in [2.05, 4.69) is 30.7 Å². The molecule has 0 unspecified atom stereocenters. The van der Waals surface area contributed by atoms with Gasteiger partial charge in [-0.3, -0.25) is 9.48 Å². The predicted octanol–water partition coefficient (Wildman–Crippen LogP) is 5.00. The molecule has 1 aliphatic rings. The van der Waals surface area contributed by atoms with E-state index in [0.717, 1.165) is 18.4 Å². The molecule has 0 radical (unpaired) electrons. The lowest BCUT2D eigenvalue weighted by Crippen LogP contribution is -2.08. The molecule has 0 spiro atoms. The molecular weight excluding hydrogens is 430 g/mol. The van der Waals surface area contributed by atoms with Crippen molar-refractivity contribution < 1.29 is 9.53 Å². The summed E-state index contributed by atoms with van der Waals surface area (Å²) in [6.07, 6.45) is 6.78. The van der Waals surface area contributed by atoms with E-state index in [0.29, 0.717) is 40.1 Å². The number of methoxy groups -OCH3 is 1. The molecular formula is C25H27N7O2. The first-order valence-electron chi connectivity index (χ1n) is 10.6. The predicted molar refractivity (Wildman–Crippen MR) is 132 cm³/mol. The summed E-state index contributed by atoms with van der Waals surface area (Å²) >= 11 is 0. The highest BCUT2D eigenvalue weighted by molar-refractivity contribution is 6.04. The van der Waals surface area contributed by atoms with Gasteiger partial charge in [0.25, 0.3) is 0 Å². The summed E-state index contributed by atoms with van der Waals surface area (Å²) in [4.78, 5) is 26.0. The molecule has 0 amide bonds. The van der Waals surface area contributed by atoms with E-state index < -0.39 is 0 Å². The highest BCUT2D eigenvalue weighted by Crippen LogP contribution is 2.39. The van der Waals surface area contributed by atoms with Crippen molar-refractivity contribution in [1.82, 2.24) is 24.7 Å². The van der Waals surface area contributed by atoms with Gasteiger partial charge in [0.1, 0.15) is 18.0 Å². The highest BCUT2D eigenvalue weighted by atomic mass is 16.5. The number of para-hydroxylation sites is 1. The molecule has 1 fully saturated rings. The van der Waals surface area contributed by atoms with E-state index >= 15 is 0 Å². The van der Waals surface area contributed by atoms with Gasteiger partial charge in [0, 0.05) is 31.4 Å². The number of pyridine rings is 2. The smallest absolute Gasteiger partial charge is 0.184 e. The van der Waals surface area contributed by atoms with Crippen LogP contribution >= 0.6 is 0 Å². The van der Waals surface area contributed by atoms with Crippen LogP contribution in [0.25, 0.3) is 11.4 Å². The van der Waals surface area contributed by atoms with Crippen molar-refractivity contribution in [2.24, 2.45) is 13.0 Å². The highest BCUT2D eigenvalue weighted by Gasteiger charge is 2.32. The number of hydrogen-bond donors (Lipinski definition) is 2. The Morgan fingerprint density at radius 1 is 1.03 bits per heavy atom. The average molecular weight is 458 g/mol. The SMILES string of the molecule is C.COc1c(Nc2cc(Nc3ccccn3)ncc2C(=O)C2CC2)cccc1-c1ncn(C)n1. The molecule has 9 heteroatoms. The van der Waals surface area contributed by atoms with Gasteiger partial charge in [0.05, 0.1) is 29.6 Å². The van der Waals surface area contributed by atoms with Gasteiger partial charge in [0.2, 0.25) is 0 Å². The van der Waals surface area contributed by atoms with Crippen LogP contribution in [-0.2, 0) is 7.05 Å². The minimum absolute atomic E-state index is 0. The van der Waals surface area contributed by atoms with Crippen molar-refractivity contribution in [2.75, 3.05) is 17.7 Å². The number of nitrogens with zero attached hydrogens (tertiary/aromatic N) is 5. The van der Waals surface area contributed by atoms with Gasteiger partial charge in [-0.2, -0.15) is 5.10 Å². The molecule has 0 atom stereocenters. The van der Waals surface area contributed by atoms with Crippen LogP contribution in [0.1, 0.15) is 30.6 Å². The fourth-order valence-electron chi connectivity index (χ4n) is 3.60. The maximum Gasteiger partial charge on any atom is 0.184 e. The average Bonchev–Trinajstić information content (AvgIpc) is 3.60. The summed E-state index contributed by atoms with van der Waals surface area (Å²) in [6.45, 7) is 0. The zero-order chi connectivity index (χ0) is 22.8. The first-order chi connectivity index (χ1) is 16.1. The molecule has 0 aliphatic heterocycles. The van der Waals surface area contributed by atoms with E-state index in [-0.39, 0.29) is 19.1 Å². The second kappa shape index (κ2) is 9.70. The maximum absolute atomic E-state index is 13.0. The number of ketones is 1. The topological polar surface area (TPSA) is 107 Å². The summed E-state index contributed by atoms with van der Waals surface area (Å²) in [5, 5.41) is 11.0. The zero-order valence-electron chi connectivity index (χ0n) is 18.3. The third-order valence-electron chi connectivity index (χ3n) is 5.37. The molecule has 3 heterocycles. The molecule has 3 aromatic heterocycles. The van der Waals surface area contributed by atoms with Crippen molar-refractivity contribution in [3.8, 4) is 17.1 Å². The maximum atomic E-state index is 13.0. The number of benzene rings is 1. The molecule has 34 heavy (non-hydrogen) atoms. The normalized spacial score (nSPS) is 12.5. The Hall–Kier alpha value is -4.27. The second-order valence-corrected chi connectivity index (χ2v) is 7.85. The van der Waals surface area contributed by atoms with Gasteiger partial charge in [-0.05, 0) is 37.1 Å². The Kier molecular flexibility index (Phi) is 6.53. The molecule has 9 nitrogen and oxygen atoms in total. The van der Waals surface area contributed by atoms with Crippen LogP contribution in [0, 0.1) is 5.92 Å². The van der Waals surface area contributed by atoms with E-state index in [4.69, 9.17) is 4.74 Å². The number of rotatable bonds is 8. The van der Waals surface area contributed by atoms with Crippen LogP contribution in [0.4, 0.5) is 23.0 Å². The Morgan fingerprint density at radius 2 is 1.88 bits per heavy atom. The summed E-state index contributed by atoms with van der Waals surface area (Å²) in [7, 11) is 3.41. The van der Waals surface area contributed by atoms with Gasteiger partial charge >= 0.3 is 0 Å². The largest absolute Gasteiger partial charge is 0.494 e. The van der Waals surface area contributed by atoms with Crippen LogP contribution in [0.15, 0.2) is 61.2 Å². The van der Waals surface area contributed by atoms with Crippen molar-refractivity contribution >= 4 is 28.8 Å². The van der Waals surface area contributed by atoms with Crippen molar-refractivity contribution in [2.45, 2.75) is 20.3 Å². The Morgan fingerprint density at radius 3 is 2.56 bits per heavy atom. The lowest BCUT2D eigenvalue weighted by Gasteiger charge is -2.17. The van der Waals surface area contributed by atoms with Crippen LogP contribution < -0.4 is 15.4 Å². The monoisotopic (exact) mass is 457 g/mol. The summed E-state index contributed by atoms with van der Waals surface area (Å²) in [5.74, 6) is 2.54. The van der Waals surface area contributed by atoms with E-state index in [1.807, 2.05) is 49.5 Å². The zero-order valence-corrected chi connectivity index (χ0v) is 18.3. The number of carbonyl (C=O) groups is 1. The second-order valence-electron chi connectivity index (χ2n) is 7.85. The lowest BCUT2D eigenvalue weighted by molar-refractivity contribution is 0.0968. The van der Waals surface area contributed by atoms with Crippen LogP contribution in [0.5, 0.6) is 5.75 Å². The van der Waals surface area contributed by atoms with Crippen LogP contribution in [-0.4, -0.2) is 37.6 Å². The minimum Gasteiger partial charge on any atom is -0.494 e. The number of anilines is 4. The molecule has 2 N–H and O–H groups in total. The Bertz CT molecular complexity index is 1300. The van der Waals surface area contributed by atoms with Crippen LogP contribution in [0.3, 0.4) is 0 Å². The van der Waals surface area contributed by atoms with E-state index in [9.17, 15) is 4.79 Å². The number of nitrogens with one attached hydrogen (secondary N) is 2. The molecule has 0 bridgehead atoms. The Balaban J connectivity index is 0.00000274. The third-order valence-corrected chi connectivity index (χ3v) is 5.37. The number of hydrogen-bond acceptors (Lipinski definition) is 8. The van der Waals surface area contributed by atoms with Crippen molar-refractivity contribution in [3.63, 3.8) is 0 Å². The number of aromatic nitrogens is 5. The van der Waals surface area contributed by atoms with Crippen LogP contribution in [0.2, 0.25) is 0 Å². The standard InChI is InChI=1S/C24H23N7O2.CH4/c1-31-14-27-24(30-31)16-6-5-7-18(23(16)33-2)28-19-12-21(29-20-8-3-4-11-25-20)26-13-17(19)22(32)15-9-10-15;/h3-8,11-15H,9-10H2,1-2H3,(H2,25,26,28,29);1H4.